The molecule has 0 fully saturated rings. The largest absolute Gasteiger partial charge is 0.407 e. The number of ketones is 1. The molecule has 0 aliphatic heterocycles. The molecule has 5 nitrogen and oxygen atoms in total. The Morgan fingerprint density at radius 2 is 1.85 bits per heavy atom. The summed E-state index contributed by atoms with van der Waals surface area (Å²) in [6.07, 6.45) is 1.63. The predicted octanol–water partition coefficient (Wildman–Crippen LogP) is 4.74. The van der Waals surface area contributed by atoms with Crippen molar-refractivity contribution in [1.29, 1.82) is 0 Å². The maximum Gasteiger partial charge on any atom is 0.312 e. The molecule has 0 unspecified atom stereocenters. The van der Waals surface area contributed by atoms with E-state index in [0.29, 0.717) is 10.6 Å². The minimum absolute atomic E-state index is 0.150. The molecule has 0 spiro atoms. The molecule has 0 N–H and O–H groups in total. The van der Waals surface area contributed by atoms with Gasteiger partial charge in [0.25, 0.3) is 0 Å². The number of aromatic nitrogens is 2. The minimum atomic E-state index is -0.420. The van der Waals surface area contributed by atoms with E-state index in [9.17, 15) is 9.59 Å². The number of hydrogen-bond donors (Lipinski definition) is 0. The Hall–Kier alpha value is -2.40. The first-order valence-electron chi connectivity index (χ1n) is 8.39. The van der Waals surface area contributed by atoms with Crippen LogP contribution in [-0.2, 0) is 11.8 Å². The molecule has 1 aromatic heterocycles. The normalized spacial score (nSPS) is 10.6. The summed E-state index contributed by atoms with van der Waals surface area (Å²) in [5.41, 5.74) is 4.56. The van der Waals surface area contributed by atoms with Crippen LogP contribution in [0.5, 0.6) is 5.88 Å². The summed E-state index contributed by atoms with van der Waals surface area (Å²) in [7, 11) is 1.63. The highest BCUT2D eigenvalue weighted by atomic mass is 35.5. The van der Waals surface area contributed by atoms with Crippen molar-refractivity contribution in [2.45, 2.75) is 41.0 Å². The van der Waals surface area contributed by atoms with E-state index in [1.807, 2.05) is 27.7 Å². The second kappa shape index (κ2) is 7.87. The van der Waals surface area contributed by atoms with Crippen molar-refractivity contribution in [2.24, 2.45) is 7.05 Å². The Morgan fingerprint density at radius 3 is 2.42 bits per heavy atom. The third kappa shape index (κ3) is 3.73. The maximum absolute atomic E-state index is 13.1. The first-order valence-corrected chi connectivity index (χ1v) is 8.77. The maximum atomic E-state index is 13.1. The first kappa shape index (κ1) is 19.9. The Bertz CT molecular complexity index is 906. The quantitative estimate of drug-likeness (QED) is 0.560. The van der Waals surface area contributed by atoms with Crippen LogP contribution in [-0.4, -0.2) is 21.5 Å². The number of benzene rings is 1. The van der Waals surface area contributed by atoms with Crippen LogP contribution in [0.4, 0.5) is 0 Å². The van der Waals surface area contributed by atoms with Crippen molar-refractivity contribution in [3.05, 3.63) is 51.2 Å². The fourth-order valence-electron chi connectivity index (χ4n) is 2.66. The zero-order valence-electron chi connectivity index (χ0n) is 15.9. The zero-order chi connectivity index (χ0) is 19.6. The molecule has 0 aliphatic rings. The van der Waals surface area contributed by atoms with E-state index < -0.39 is 5.97 Å². The highest BCUT2D eigenvalue weighted by Gasteiger charge is 2.24. The summed E-state index contributed by atoms with van der Waals surface area (Å²) in [6.45, 7) is 9.55. The fraction of sp³-hybridized carbons (Fsp3) is 0.350. The Labute approximate surface area is 158 Å². The summed E-state index contributed by atoms with van der Waals surface area (Å²) >= 11 is 6.38. The second-order valence-electron chi connectivity index (χ2n) is 6.36. The van der Waals surface area contributed by atoms with Gasteiger partial charge >= 0.3 is 5.97 Å². The SMILES string of the molecule is CCC(=O)Oc1c(C(=O)c2ccc(Cl)c(C(C)=C(C)C)c2C)cnn1C. The van der Waals surface area contributed by atoms with Gasteiger partial charge in [-0.15, -0.1) is 0 Å². The molecule has 0 amide bonds. The molecule has 2 rings (SSSR count). The number of halogens is 1. The lowest BCUT2D eigenvalue weighted by molar-refractivity contribution is -0.134. The summed E-state index contributed by atoms with van der Waals surface area (Å²) in [5, 5.41) is 4.67. The van der Waals surface area contributed by atoms with Gasteiger partial charge in [0, 0.05) is 24.1 Å². The number of rotatable bonds is 5. The molecule has 26 heavy (non-hydrogen) atoms. The molecule has 1 aromatic carbocycles. The van der Waals surface area contributed by atoms with Crippen LogP contribution in [0, 0.1) is 6.92 Å². The Morgan fingerprint density at radius 1 is 1.19 bits per heavy atom. The van der Waals surface area contributed by atoms with E-state index in [1.165, 1.54) is 10.9 Å². The second-order valence-corrected chi connectivity index (χ2v) is 6.77. The highest BCUT2D eigenvalue weighted by Crippen LogP contribution is 2.33. The molecule has 6 heteroatoms. The van der Waals surface area contributed by atoms with Crippen molar-refractivity contribution in [2.75, 3.05) is 0 Å². The third-order valence-corrected chi connectivity index (χ3v) is 4.73. The number of aryl methyl sites for hydroxylation is 1. The summed E-state index contributed by atoms with van der Waals surface area (Å²) in [6, 6.07) is 3.41. The average molecular weight is 375 g/mol. The smallest absolute Gasteiger partial charge is 0.312 e. The minimum Gasteiger partial charge on any atom is -0.407 e. The Balaban J connectivity index is 2.58. The van der Waals surface area contributed by atoms with Crippen LogP contribution in [0.15, 0.2) is 23.9 Å². The summed E-state index contributed by atoms with van der Waals surface area (Å²) in [4.78, 5) is 24.8. The molecule has 0 saturated carbocycles. The molecule has 0 radical (unpaired) electrons. The summed E-state index contributed by atoms with van der Waals surface area (Å²) in [5.74, 6) is -0.526. The third-order valence-electron chi connectivity index (χ3n) is 4.41. The monoisotopic (exact) mass is 374 g/mol. The zero-order valence-corrected chi connectivity index (χ0v) is 16.7. The molecule has 0 atom stereocenters. The molecule has 0 saturated heterocycles. The number of carbonyl (C=O) groups is 2. The van der Waals surface area contributed by atoms with Gasteiger partial charge in [-0.2, -0.15) is 5.10 Å². The number of carbonyl (C=O) groups excluding carboxylic acids is 2. The van der Waals surface area contributed by atoms with Crippen molar-refractivity contribution >= 4 is 28.9 Å². The molecular formula is C20H23ClN2O3. The van der Waals surface area contributed by atoms with Crippen LogP contribution in [0.25, 0.3) is 5.57 Å². The lowest BCUT2D eigenvalue weighted by Gasteiger charge is -2.15. The van der Waals surface area contributed by atoms with Crippen LogP contribution < -0.4 is 4.74 Å². The van der Waals surface area contributed by atoms with Gasteiger partial charge < -0.3 is 4.74 Å². The standard InChI is InChI=1S/C20H23ClN2O3/c1-7-17(24)26-20-15(10-22-23(20)6)19(25)14-8-9-16(21)18(13(14)5)12(4)11(2)3/h8-10H,7H2,1-6H3. The van der Waals surface area contributed by atoms with Gasteiger partial charge in [-0.3, -0.25) is 9.59 Å². The molecule has 0 aliphatic carbocycles. The van der Waals surface area contributed by atoms with Gasteiger partial charge in [0.05, 0.1) is 6.20 Å². The molecule has 1 heterocycles. The van der Waals surface area contributed by atoms with Crippen LogP contribution in [0.3, 0.4) is 0 Å². The van der Waals surface area contributed by atoms with Crippen molar-refractivity contribution in [1.82, 2.24) is 9.78 Å². The number of ether oxygens (including phenoxy) is 1. The van der Waals surface area contributed by atoms with E-state index >= 15 is 0 Å². The van der Waals surface area contributed by atoms with E-state index in [2.05, 4.69) is 5.10 Å². The average Bonchev–Trinajstić information content (AvgIpc) is 2.94. The van der Waals surface area contributed by atoms with Gasteiger partial charge in [0.15, 0.2) is 5.78 Å². The van der Waals surface area contributed by atoms with Gasteiger partial charge in [-0.1, -0.05) is 24.1 Å². The summed E-state index contributed by atoms with van der Waals surface area (Å²) < 4.78 is 6.68. The van der Waals surface area contributed by atoms with Crippen LogP contribution in [0.1, 0.15) is 61.2 Å². The van der Waals surface area contributed by atoms with Crippen LogP contribution in [0.2, 0.25) is 5.02 Å². The molecule has 0 bridgehead atoms. The number of nitrogens with zero attached hydrogens (tertiary/aromatic N) is 2. The van der Waals surface area contributed by atoms with Crippen molar-refractivity contribution in [3.63, 3.8) is 0 Å². The Kier molecular flexibility index (Phi) is 6.03. The van der Waals surface area contributed by atoms with E-state index in [4.69, 9.17) is 16.3 Å². The topological polar surface area (TPSA) is 61.2 Å². The lowest BCUT2D eigenvalue weighted by atomic mass is 9.92. The fourth-order valence-corrected chi connectivity index (χ4v) is 3.01. The van der Waals surface area contributed by atoms with Gasteiger partial charge in [-0.05, 0) is 56.5 Å². The lowest BCUT2D eigenvalue weighted by Crippen LogP contribution is -2.13. The highest BCUT2D eigenvalue weighted by molar-refractivity contribution is 6.32. The first-order chi connectivity index (χ1) is 12.2. The van der Waals surface area contributed by atoms with Crippen molar-refractivity contribution in [3.8, 4) is 5.88 Å². The van der Waals surface area contributed by atoms with Crippen LogP contribution >= 0.6 is 11.6 Å². The molecule has 138 valence electrons. The van der Waals surface area contributed by atoms with E-state index in [1.54, 1.807) is 26.1 Å². The van der Waals surface area contributed by atoms with E-state index in [0.717, 1.165) is 22.3 Å². The molecule has 2 aromatic rings. The number of hydrogen-bond acceptors (Lipinski definition) is 4. The van der Waals surface area contributed by atoms with Crippen molar-refractivity contribution < 1.29 is 14.3 Å². The van der Waals surface area contributed by atoms with Gasteiger partial charge in [0.1, 0.15) is 5.56 Å². The van der Waals surface area contributed by atoms with E-state index in [-0.39, 0.29) is 23.6 Å². The molecular weight excluding hydrogens is 352 g/mol. The van der Waals surface area contributed by atoms with Gasteiger partial charge in [0.2, 0.25) is 5.88 Å². The predicted molar refractivity (Wildman–Crippen MR) is 103 cm³/mol. The van der Waals surface area contributed by atoms with Gasteiger partial charge in [-0.25, -0.2) is 4.68 Å². The number of esters is 1. The number of allylic oxidation sites excluding steroid dienone is 2.